The third-order valence-corrected chi connectivity index (χ3v) is 4.98. The summed E-state index contributed by atoms with van der Waals surface area (Å²) in [5.41, 5.74) is 1.76. The Bertz CT molecular complexity index is 730. The molecule has 0 saturated heterocycles. The third-order valence-electron chi connectivity index (χ3n) is 4.98. The minimum Gasteiger partial charge on any atom is -0.493 e. The van der Waals surface area contributed by atoms with Gasteiger partial charge in [0.1, 0.15) is 5.75 Å². The lowest BCUT2D eigenvalue weighted by atomic mass is 9.89. The monoisotopic (exact) mass is 309 g/mol. The van der Waals surface area contributed by atoms with E-state index in [0.29, 0.717) is 12.2 Å². The highest BCUT2D eigenvalue weighted by molar-refractivity contribution is 5.83. The molecule has 1 amide bonds. The molecule has 2 aromatic rings. The van der Waals surface area contributed by atoms with E-state index in [0.717, 1.165) is 18.6 Å². The summed E-state index contributed by atoms with van der Waals surface area (Å²) in [6.07, 6.45) is 0.681. The number of ether oxygens (including phenoxy) is 1. The quantitative estimate of drug-likeness (QED) is 0.915. The molecule has 2 N–H and O–H groups in total. The van der Waals surface area contributed by atoms with E-state index in [9.17, 15) is 9.90 Å². The van der Waals surface area contributed by atoms with E-state index in [4.69, 9.17) is 4.74 Å². The number of carbonyl (C=O) groups is 1. The standard InChI is InChI=1S/C19H19NO3/c21-17(13-6-2-1-3-7-13)18(22)20-16-12-19(16)10-11-23-15-9-5-4-8-14(15)19/h1-9,16-17,21H,10-12H2,(H,20,22)/t16-,17-,19-/m0/s1. The van der Waals surface area contributed by atoms with Crippen LogP contribution in [0.15, 0.2) is 54.6 Å². The second-order valence-electron chi connectivity index (χ2n) is 6.33. The molecule has 23 heavy (non-hydrogen) atoms. The minimum absolute atomic E-state index is 0.0269. The van der Waals surface area contributed by atoms with Gasteiger partial charge in [-0.3, -0.25) is 4.79 Å². The Morgan fingerprint density at radius 2 is 1.91 bits per heavy atom. The van der Waals surface area contributed by atoms with Crippen LogP contribution >= 0.6 is 0 Å². The predicted molar refractivity (Wildman–Crippen MR) is 86.2 cm³/mol. The Hall–Kier alpha value is -2.33. The van der Waals surface area contributed by atoms with Gasteiger partial charge >= 0.3 is 0 Å². The van der Waals surface area contributed by atoms with Crippen molar-refractivity contribution in [2.45, 2.75) is 30.4 Å². The molecule has 2 aliphatic rings. The summed E-state index contributed by atoms with van der Waals surface area (Å²) >= 11 is 0. The molecule has 2 aromatic carbocycles. The molecule has 0 bridgehead atoms. The van der Waals surface area contributed by atoms with Crippen LogP contribution in [0.5, 0.6) is 5.75 Å². The molecule has 1 fully saturated rings. The number of benzene rings is 2. The van der Waals surface area contributed by atoms with E-state index >= 15 is 0 Å². The molecule has 3 atom stereocenters. The van der Waals surface area contributed by atoms with Crippen molar-refractivity contribution in [2.75, 3.05) is 6.61 Å². The summed E-state index contributed by atoms with van der Waals surface area (Å²) in [6.45, 7) is 0.671. The first-order valence-corrected chi connectivity index (χ1v) is 7.96. The van der Waals surface area contributed by atoms with Gasteiger partial charge in [0.2, 0.25) is 0 Å². The number of amides is 1. The molecule has 0 radical (unpaired) electrons. The van der Waals surface area contributed by atoms with Crippen LogP contribution in [0.2, 0.25) is 0 Å². The summed E-state index contributed by atoms with van der Waals surface area (Å²) < 4.78 is 5.71. The van der Waals surface area contributed by atoms with Crippen molar-refractivity contribution in [3.8, 4) is 5.75 Å². The third kappa shape index (κ3) is 2.39. The number of fused-ring (bicyclic) bond motifs is 2. The molecular weight excluding hydrogens is 290 g/mol. The first-order valence-electron chi connectivity index (χ1n) is 7.96. The number of aliphatic hydroxyl groups is 1. The van der Waals surface area contributed by atoms with Crippen LogP contribution in [0, 0.1) is 0 Å². The second-order valence-corrected chi connectivity index (χ2v) is 6.33. The van der Waals surface area contributed by atoms with Gasteiger partial charge < -0.3 is 15.2 Å². The van der Waals surface area contributed by atoms with Crippen LogP contribution in [-0.2, 0) is 10.2 Å². The zero-order chi connectivity index (χ0) is 15.9. The van der Waals surface area contributed by atoms with Crippen LogP contribution in [0.1, 0.15) is 30.1 Å². The zero-order valence-corrected chi connectivity index (χ0v) is 12.7. The normalized spacial score (nSPS) is 26.0. The molecule has 4 rings (SSSR count). The molecule has 1 aliphatic carbocycles. The Kier molecular flexibility index (Phi) is 3.34. The van der Waals surface area contributed by atoms with Gasteiger partial charge in [0.25, 0.3) is 5.91 Å². The Balaban J connectivity index is 1.49. The molecule has 4 heteroatoms. The van der Waals surface area contributed by atoms with Crippen molar-refractivity contribution >= 4 is 5.91 Å². The second kappa shape index (κ2) is 5.39. The highest BCUT2D eigenvalue weighted by Gasteiger charge is 2.58. The van der Waals surface area contributed by atoms with Gasteiger partial charge in [-0.1, -0.05) is 48.5 Å². The number of para-hydroxylation sites is 1. The van der Waals surface area contributed by atoms with Crippen LogP contribution in [0.25, 0.3) is 0 Å². The van der Waals surface area contributed by atoms with Crippen LogP contribution in [-0.4, -0.2) is 23.7 Å². The van der Waals surface area contributed by atoms with Gasteiger partial charge in [-0.15, -0.1) is 0 Å². The average Bonchev–Trinajstić information content (AvgIpc) is 3.28. The Morgan fingerprint density at radius 1 is 1.17 bits per heavy atom. The number of hydrogen-bond acceptors (Lipinski definition) is 3. The van der Waals surface area contributed by atoms with Gasteiger partial charge in [0, 0.05) is 17.0 Å². The van der Waals surface area contributed by atoms with E-state index in [1.165, 1.54) is 5.56 Å². The maximum absolute atomic E-state index is 12.3. The van der Waals surface area contributed by atoms with Crippen molar-refractivity contribution in [1.29, 1.82) is 0 Å². The number of hydrogen-bond donors (Lipinski definition) is 2. The fourth-order valence-electron chi connectivity index (χ4n) is 3.59. The Labute approximate surface area is 135 Å². The van der Waals surface area contributed by atoms with E-state index < -0.39 is 6.10 Å². The van der Waals surface area contributed by atoms with E-state index in [2.05, 4.69) is 11.4 Å². The maximum atomic E-state index is 12.3. The van der Waals surface area contributed by atoms with Gasteiger partial charge in [0.05, 0.1) is 6.61 Å². The predicted octanol–water partition coefficient (Wildman–Crippen LogP) is 2.33. The summed E-state index contributed by atoms with van der Waals surface area (Å²) in [6, 6.07) is 17.1. The number of aliphatic hydroxyl groups excluding tert-OH is 1. The molecule has 0 aromatic heterocycles. The van der Waals surface area contributed by atoms with Crippen LogP contribution in [0.3, 0.4) is 0 Å². The zero-order valence-electron chi connectivity index (χ0n) is 12.7. The summed E-state index contributed by atoms with van der Waals surface area (Å²) in [5, 5.41) is 13.2. The fourth-order valence-corrected chi connectivity index (χ4v) is 3.59. The summed E-state index contributed by atoms with van der Waals surface area (Å²) in [7, 11) is 0. The van der Waals surface area contributed by atoms with Crippen molar-refractivity contribution in [3.05, 3.63) is 65.7 Å². The first-order chi connectivity index (χ1) is 11.2. The maximum Gasteiger partial charge on any atom is 0.253 e. The molecule has 1 spiro atoms. The lowest BCUT2D eigenvalue weighted by Crippen LogP contribution is -2.36. The molecule has 1 aliphatic heterocycles. The largest absolute Gasteiger partial charge is 0.493 e. The average molecular weight is 309 g/mol. The van der Waals surface area contributed by atoms with Crippen LogP contribution < -0.4 is 10.1 Å². The highest BCUT2D eigenvalue weighted by Crippen LogP contribution is 2.55. The van der Waals surface area contributed by atoms with Crippen molar-refractivity contribution in [1.82, 2.24) is 5.32 Å². The SMILES string of the molecule is O=C(N[C@H]1C[C@]12CCOc1ccccc12)[C@@H](O)c1ccccc1. The van der Waals surface area contributed by atoms with Crippen molar-refractivity contribution < 1.29 is 14.6 Å². The van der Waals surface area contributed by atoms with Gasteiger partial charge in [-0.25, -0.2) is 0 Å². The number of rotatable bonds is 3. The van der Waals surface area contributed by atoms with Gasteiger partial charge in [-0.05, 0) is 24.5 Å². The molecule has 118 valence electrons. The molecular formula is C19H19NO3. The smallest absolute Gasteiger partial charge is 0.253 e. The van der Waals surface area contributed by atoms with Crippen molar-refractivity contribution in [3.63, 3.8) is 0 Å². The van der Waals surface area contributed by atoms with Gasteiger partial charge in [0.15, 0.2) is 6.10 Å². The molecule has 1 heterocycles. The highest BCUT2D eigenvalue weighted by atomic mass is 16.5. The minimum atomic E-state index is -1.12. The number of nitrogens with one attached hydrogen (secondary N) is 1. The Morgan fingerprint density at radius 3 is 2.74 bits per heavy atom. The van der Waals surface area contributed by atoms with Gasteiger partial charge in [-0.2, -0.15) is 0 Å². The topological polar surface area (TPSA) is 58.6 Å². The lowest BCUT2D eigenvalue weighted by molar-refractivity contribution is -0.129. The molecule has 0 unspecified atom stereocenters. The molecule has 1 saturated carbocycles. The summed E-state index contributed by atoms with van der Waals surface area (Å²) in [4.78, 5) is 12.3. The summed E-state index contributed by atoms with van der Waals surface area (Å²) in [5.74, 6) is 0.584. The van der Waals surface area contributed by atoms with E-state index in [1.54, 1.807) is 12.1 Å². The van der Waals surface area contributed by atoms with E-state index in [1.807, 2.05) is 36.4 Å². The van der Waals surface area contributed by atoms with E-state index in [-0.39, 0.29) is 17.4 Å². The lowest BCUT2D eigenvalue weighted by Gasteiger charge is -2.27. The molecule has 4 nitrogen and oxygen atoms in total. The number of carbonyl (C=O) groups excluding carboxylic acids is 1. The van der Waals surface area contributed by atoms with Crippen molar-refractivity contribution in [2.24, 2.45) is 0 Å². The van der Waals surface area contributed by atoms with Crippen LogP contribution in [0.4, 0.5) is 0 Å². The first kappa shape index (κ1) is 14.3. The fraction of sp³-hybridized carbons (Fsp3) is 0.316.